The molecule has 2 heterocycles. The molecule has 0 aliphatic rings. The SMILES string of the molecule is c1ccc(-c2cc(-c3ccc(-c4cc(-c5ccc6ccccc6c5)nc5c4cc(-c4ccc6ccccc6c4)c4ccccc45)cc3)nc3ccccc23)cc1. The van der Waals surface area contributed by atoms with Crippen LogP contribution >= 0.6 is 0 Å². The van der Waals surface area contributed by atoms with Gasteiger partial charge in [-0.3, -0.25) is 0 Å². The quantitative estimate of drug-likeness (QED) is 0.166. The molecule has 0 aliphatic heterocycles. The zero-order valence-corrected chi connectivity index (χ0v) is 30.5. The molecule has 0 fully saturated rings. The van der Waals surface area contributed by atoms with E-state index in [0.29, 0.717) is 0 Å². The average Bonchev–Trinajstić information content (AvgIpc) is 3.28. The van der Waals surface area contributed by atoms with Gasteiger partial charge in [0.2, 0.25) is 0 Å². The lowest BCUT2D eigenvalue weighted by molar-refractivity contribution is 1.39. The third kappa shape index (κ3) is 5.51. The summed E-state index contributed by atoms with van der Waals surface area (Å²) >= 11 is 0. The molecular weight excluding hydrogens is 677 g/mol. The Kier molecular flexibility index (Phi) is 7.53. The Hall–Kier alpha value is -7.42. The molecule has 2 heteroatoms. The second-order valence-corrected chi connectivity index (χ2v) is 14.6. The van der Waals surface area contributed by atoms with Gasteiger partial charge in [-0.2, -0.15) is 0 Å². The van der Waals surface area contributed by atoms with Crippen molar-refractivity contribution in [2.24, 2.45) is 0 Å². The van der Waals surface area contributed by atoms with E-state index in [1.165, 1.54) is 49.2 Å². The highest BCUT2D eigenvalue weighted by Gasteiger charge is 2.17. The molecule has 2 nitrogen and oxygen atoms in total. The monoisotopic (exact) mass is 710 g/mol. The highest BCUT2D eigenvalue weighted by molar-refractivity contribution is 6.16. The van der Waals surface area contributed by atoms with Crippen LogP contribution < -0.4 is 0 Å². The van der Waals surface area contributed by atoms with Gasteiger partial charge in [-0.05, 0) is 96.7 Å². The Morgan fingerprint density at radius 3 is 1.46 bits per heavy atom. The Morgan fingerprint density at radius 1 is 0.250 bits per heavy atom. The summed E-state index contributed by atoms with van der Waals surface area (Å²) in [5, 5.41) is 9.49. The van der Waals surface area contributed by atoms with Crippen LogP contribution in [0.5, 0.6) is 0 Å². The third-order valence-electron chi connectivity index (χ3n) is 11.2. The summed E-state index contributed by atoms with van der Waals surface area (Å²) in [5.41, 5.74) is 13.1. The molecule has 56 heavy (non-hydrogen) atoms. The third-order valence-corrected chi connectivity index (χ3v) is 11.2. The fourth-order valence-corrected chi connectivity index (χ4v) is 8.38. The van der Waals surface area contributed by atoms with Crippen molar-refractivity contribution in [3.63, 3.8) is 0 Å². The van der Waals surface area contributed by atoms with E-state index >= 15 is 0 Å². The van der Waals surface area contributed by atoms with Crippen molar-refractivity contribution in [1.82, 2.24) is 9.97 Å². The average molecular weight is 711 g/mol. The van der Waals surface area contributed by atoms with Crippen molar-refractivity contribution in [2.75, 3.05) is 0 Å². The molecule has 0 saturated carbocycles. The number of hydrogen-bond acceptors (Lipinski definition) is 2. The number of nitrogens with zero attached hydrogens (tertiary/aromatic N) is 2. The molecule has 2 aromatic heterocycles. The van der Waals surface area contributed by atoms with E-state index in [9.17, 15) is 0 Å². The normalized spacial score (nSPS) is 11.6. The summed E-state index contributed by atoms with van der Waals surface area (Å²) in [4.78, 5) is 10.6. The van der Waals surface area contributed by atoms with Gasteiger partial charge >= 0.3 is 0 Å². The van der Waals surface area contributed by atoms with Gasteiger partial charge in [0.05, 0.1) is 22.4 Å². The first-order chi connectivity index (χ1) is 27.7. The fourth-order valence-electron chi connectivity index (χ4n) is 8.38. The van der Waals surface area contributed by atoms with E-state index in [0.717, 1.165) is 60.8 Å². The fraction of sp³-hybridized carbons (Fsp3) is 0. The second kappa shape index (κ2) is 13.2. The maximum Gasteiger partial charge on any atom is 0.0794 e. The molecule has 9 aromatic carbocycles. The van der Waals surface area contributed by atoms with Gasteiger partial charge in [0.1, 0.15) is 0 Å². The van der Waals surface area contributed by atoms with Gasteiger partial charge in [-0.25, -0.2) is 9.97 Å². The zero-order chi connectivity index (χ0) is 37.0. The van der Waals surface area contributed by atoms with E-state index in [4.69, 9.17) is 9.97 Å². The van der Waals surface area contributed by atoms with Crippen LogP contribution in [-0.2, 0) is 0 Å². The van der Waals surface area contributed by atoms with Crippen LogP contribution in [0.3, 0.4) is 0 Å². The lowest BCUT2D eigenvalue weighted by Gasteiger charge is -2.16. The summed E-state index contributed by atoms with van der Waals surface area (Å²) in [5.74, 6) is 0. The molecular formula is C54H34N2. The molecule has 11 rings (SSSR count). The maximum atomic E-state index is 5.47. The Labute approximate surface area is 325 Å². The van der Waals surface area contributed by atoms with Crippen LogP contribution in [-0.4, -0.2) is 9.97 Å². The Bertz CT molecular complexity index is 3290. The number of fused-ring (bicyclic) bond motifs is 6. The number of pyridine rings is 2. The molecule has 0 unspecified atom stereocenters. The molecule has 0 saturated heterocycles. The van der Waals surface area contributed by atoms with Crippen molar-refractivity contribution >= 4 is 54.1 Å². The van der Waals surface area contributed by atoms with Crippen molar-refractivity contribution in [3.05, 3.63) is 206 Å². The molecule has 260 valence electrons. The minimum atomic E-state index is 0.953. The van der Waals surface area contributed by atoms with Crippen molar-refractivity contribution in [1.29, 1.82) is 0 Å². The van der Waals surface area contributed by atoms with Gasteiger partial charge in [0.25, 0.3) is 0 Å². The number of para-hydroxylation sites is 1. The molecule has 0 radical (unpaired) electrons. The predicted molar refractivity (Wildman–Crippen MR) is 237 cm³/mol. The van der Waals surface area contributed by atoms with Crippen molar-refractivity contribution < 1.29 is 0 Å². The molecule has 0 spiro atoms. The van der Waals surface area contributed by atoms with Gasteiger partial charge < -0.3 is 0 Å². The Balaban J connectivity index is 1.13. The highest BCUT2D eigenvalue weighted by atomic mass is 14.7. The first-order valence-corrected chi connectivity index (χ1v) is 19.1. The molecule has 0 N–H and O–H groups in total. The predicted octanol–water partition coefficient (Wildman–Crippen LogP) is 14.6. The number of rotatable bonds is 5. The van der Waals surface area contributed by atoms with Crippen LogP contribution in [0.4, 0.5) is 0 Å². The number of hydrogen-bond donors (Lipinski definition) is 0. The van der Waals surface area contributed by atoms with E-state index < -0.39 is 0 Å². The molecule has 0 aliphatic carbocycles. The van der Waals surface area contributed by atoms with Crippen LogP contribution in [0.25, 0.3) is 110 Å². The molecule has 11 aromatic rings. The lowest BCUT2D eigenvalue weighted by atomic mass is 9.90. The standard InChI is InChI=1S/C54H34N2/c1-2-14-37(15-3-1)48-33-52(55-51-21-11-10-19-45(48)51)39-26-24-38(25-27-39)49-34-53(43-29-23-36-13-5-7-17-41(36)31-43)56-54-46-20-9-8-18-44(46)47(32-50(49)54)42-28-22-35-12-4-6-16-40(35)30-42/h1-34H. The zero-order valence-electron chi connectivity index (χ0n) is 30.5. The van der Waals surface area contributed by atoms with Gasteiger partial charge in [-0.1, -0.05) is 170 Å². The summed E-state index contributed by atoms with van der Waals surface area (Å²) in [6.07, 6.45) is 0. The first kappa shape index (κ1) is 32.0. The summed E-state index contributed by atoms with van der Waals surface area (Å²) in [7, 11) is 0. The van der Waals surface area contributed by atoms with E-state index in [1.807, 2.05) is 0 Å². The molecule has 0 amide bonds. The summed E-state index contributed by atoms with van der Waals surface area (Å²) in [6.45, 7) is 0. The number of benzene rings is 9. The Morgan fingerprint density at radius 2 is 0.732 bits per heavy atom. The number of aromatic nitrogens is 2. The molecule has 0 bridgehead atoms. The van der Waals surface area contributed by atoms with Gasteiger partial charge in [-0.15, -0.1) is 0 Å². The molecule has 0 atom stereocenters. The highest BCUT2D eigenvalue weighted by Crippen LogP contribution is 2.42. The van der Waals surface area contributed by atoms with Crippen LogP contribution in [0.2, 0.25) is 0 Å². The minimum absolute atomic E-state index is 0.953. The topological polar surface area (TPSA) is 25.8 Å². The van der Waals surface area contributed by atoms with E-state index in [2.05, 4.69) is 206 Å². The first-order valence-electron chi connectivity index (χ1n) is 19.1. The van der Waals surface area contributed by atoms with Crippen LogP contribution in [0.1, 0.15) is 0 Å². The van der Waals surface area contributed by atoms with E-state index in [-0.39, 0.29) is 0 Å². The lowest BCUT2D eigenvalue weighted by Crippen LogP contribution is -1.94. The van der Waals surface area contributed by atoms with E-state index in [1.54, 1.807) is 0 Å². The smallest absolute Gasteiger partial charge is 0.0794 e. The van der Waals surface area contributed by atoms with Crippen LogP contribution in [0.15, 0.2) is 206 Å². The van der Waals surface area contributed by atoms with Crippen molar-refractivity contribution in [3.8, 4) is 55.9 Å². The summed E-state index contributed by atoms with van der Waals surface area (Å²) < 4.78 is 0. The van der Waals surface area contributed by atoms with Gasteiger partial charge in [0, 0.05) is 27.3 Å². The van der Waals surface area contributed by atoms with Crippen molar-refractivity contribution in [2.45, 2.75) is 0 Å². The van der Waals surface area contributed by atoms with Crippen LogP contribution in [0, 0.1) is 0 Å². The second-order valence-electron chi connectivity index (χ2n) is 14.6. The maximum absolute atomic E-state index is 5.47. The largest absolute Gasteiger partial charge is 0.248 e. The summed E-state index contributed by atoms with van der Waals surface area (Å²) in [6, 6.07) is 74.1. The minimum Gasteiger partial charge on any atom is -0.248 e. The van der Waals surface area contributed by atoms with Gasteiger partial charge in [0.15, 0.2) is 0 Å².